The number of carbonyl (C=O) groups excluding carboxylic acids is 1. The smallest absolute Gasteiger partial charge is 0.335 e. The van der Waals surface area contributed by atoms with Crippen LogP contribution in [0.5, 0.6) is 5.75 Å². The second kappa shape index (κ2) is 4.68. The molecule has 1 saturated heterocycles. The molecule has 1 aliphatic heterocycles. The van der Waals surface area contributed by atoms with Crippen molar-refractivity contribution in [2.45, 2.75) is 19.9 Å². The third kappa shape index (κ3) is 2.45. The number of carbonyl (C=O) groups is 2. The molecule has 0 bridgehead atoms. The first-order valence-corrected chi connectivity index (χ1v) is 5.80. The summed E-state index contributed by atoms with van der Waals surface area (Å²) < 4.78 is 0. The number of hydrogen-bond acceptors (Lipinski definition) is 3. The molecule has 5 heteroatoms. The average molecular weight is 249 g/mol. The van der Waals surface area contributed by atoms with Crippen LogP contribution in [0.1, 0.15) is 29.3 Å². The first kappa shape index (κ1) is 12.4. The van der Waals surface area contributed by atoms with Gasteiger partial charge in [-0.05, 0) is 18.1 Å². The van der Waals surface area contributed by atoms with Crippen molar-refractivity contribution in [2.24, 2.45) is 5.92 Å². The summed E-state index contributed by atoms with van der Waals surface area (Å²) in [6.45, 7) is 3.01. The predicted octanol–water partition coefficient (Wildman–Crippen LogP) is 1.46. The van der Waals surface area contributed by atoms with Gasteiger partial charge >= 0.3 is 5.97 Å². The molecule has 0 aromatic heterocycles. The molecule has 1 aliphatic rings. The van der Waals surface area contributed by atoms with Gasteiger partial charge in [0, 0.05) is 25.1 Å². The largest absolute Gasteiger partial charge is 0.508 e. The predicted molar refractivity (Wildman–Crippen MR) is 64.3 cm³/mol. The van der Waals surface area contributed by atoms with E-state index in [-0.39, 0.29) is 17.2 Å². The van der Waals surface area contributed by atoms with Crippen LogP contribution in [-0.4, -0.2) is 33.5 Å². The molecule has 0 aliphatic carbocycles. The molecule has 1 unspecified atom stereocenters. The summed E-state index contributed by atoms with van der Waals surface area (Å²) >= 11 is 0. The van der Waals surface area contributed by atoms with Crippen LogP contribution in [-0.2, 0) is 11.3 Å². The van der Waals surface area contributed by atoms with E-state index in [9.17, 15) is 14.7 Å². The minimum absolute atomic E-state index is 0.0392. The Labute approximate surface area is 105 Å². The second-order valence-corrected chi connectivity index (χ2v) is 4.73. The van der Waals surface area contributed by atoms with E-state index in [0.29, 0.717) is 31.0 Å². The number of phenolic OH excluding ortho intramolecular Hbond substituents is 1. The summed E-state index contributed by atoms with van der Waals surface area (Å²) in [4.78, 5) is 24.0. The fraction of sp³-hybridized carbons (Fsp3) is 0.385. The van der Waals surface area contributed by atoms with Crippen LogP contribution in [0, 0.1) is 5.92 Å². The van der Waals surface area contributed by atoms with Crippen molar-refractivity contribution < 1.29 is 19.8 Å². The third-order valence-corrected chi connectivity index (χ3v) is 3.10. The number of rotatable bonds is 3. The van der Waals surface area contributed by atoms with E-state index >= 15 is 0 Å². The molecular formula is C13H15NO4. The van der Waals surface area contributed by atoms with Crippen molar-refractivity contribution in [3.63, 3.8) is 0 Å². The van der Waals surface area contributed by atoms with Gasteiger partial charge in [0.25, 0.3) is 0 Å². The Balaban J connectivity index is 2.15. The quantitative estimate of drug-likeness (QED) is 0.850. The Hall–Kier alpha value is -2.04. The van der Waals surface area contributed by atoms with Crippen LogP contribution in [0.25, 0.3) is 0 Å². The number of likely N-dealkylation sites (tertiary alicyclic amines) is 1. The number of phenols is 1. The van der Waals surface area contributed by atoms with Crippen LogP contribution in [0.15, 0.2) is 18.2 Å². The number of hydrogen-bond donors (Lipinski definition) is 2. The topological polar surface area (TPSA) is 77.8 Å². The molecule has 0 saturated carbocycles. The van der Waals surface area contributed by atoms with Gasteiger partial charge in [-0.25, -0.2) is 4.79 Å². The molecular weight excluding hydrogens is 234 g/mol. The van der Waals surface area contributed by atoms with Gasteiger partial charge in [0.15, 0.2) is 0 Å². The van der Waals surface area contributed by atoms with Crippen LogP contribution < -0.4 is 0 Å². The monoisotopic (exact) mass is 249 g/mol. The van der Waals surface area contributed by atoms with Gasteiger partial charge in [0.05, 0.1) is 5.56 Å². The van der Waals surface area contributed by atoms with Gasteiger partial charge in [-0.1, -0.05) is 13.0 Å². The zero-order chi connectivity index (χ0) is 13.3. The van der Waals surface area contributed by atoms with E-state index in [0.717, 1.165) is 0 Å². The van der Waals surface area contributed by atoms with E-state index in [4.69, 9.17) is 5.11 Å². The molecule has 1 aromatic rings. The highest BCUT2D eigenvalue weighted by Gasteiger charge is 2.26. The van der Waals surface area contributed by atoms with Crippen LogP contribution in [0.2, 0.25) is 0 Å². The zero-order valence-electron chi connectivity index (χ0n) is 10.1. The Morgan fingerprint density at radius 2 is 2.22 bits per heavy atom. The number of aromatic carboxylic acids is 1. The highest BCUT2D eigenvalue weighted by atomic mass is 16.4. The van der Waals surface area contributed by atoms with Gasteiger partial charge in [-0.2, -0.15) is 0 Å². The fourth-order valence-corrected chi connectivity index (χ4v) is 2.16. The number of carboxylic acids is 1. The van der Waals surface area contributed by atoms with E-state index in [2.05, 4.69) is 0 Å². The van der Waals surface area contributed by atoms with Gasteiger partial charge in [0.2, 0.25) is 5.91 Å². The molecule has 1 heterocycles. The maximum Gasteiger partial charge on any atom is 0.335 e. The van der Waals surface area contributed by atoms with Gasteiger partial charge < -0.3 is 15.1 Å². The molecule has 5 nitrogen and oxygen atoms in total. The average Bonchev–Trinajstić information content (AvgIpc) is 2.60. The molecule has 0 radical (unpaired) electrons. The summed E-state index contributed by atoms with van der Waals surface area (Å²) in [5.41, 5.74) is 0.611. The highest BCUT2D eigenvalue weighted by molar-refractivity contribution is 5.88. The molecule has 1 aromatic carbocycles. The molecule has 1 atom stereocenters. The van der Waals surface area contributed by atoms with Crippen molar-refractivity contribution in [2.75, 3.05) is 6.54 Å². The summed E-state index contributed by atoms with van der Waals surface area (Å²) in [7, 11) is 0. The third-order valence-electron chi connectivity index (χ3n) is 3.10. The number of aromatic hydroxyl groups is 1. The molecule has 0 spiro atoms. The number of carboxylic acid groups (broad SMARTS) is 1. The Kier molecular flexibility index (Phi) is 3.23. The summed E-state index contributed by atoms with van der Waals surface area (Å²) in [5.74, 6) is -0.757. The van der Waals surface area contributed by atoms with Crippen molar-refractivity contribution in [3.05, 3.63) is 29.3 Å². The lowest BCUT2D eigenvalue weighted by atomic mass is 10.1. The molecule has 96 valence electrons. The summed E-state index contributed by atoms with van der Waals surface area (Å²) in [5, 5.41) is 18.5. The zero-order valence-corrected chi connectivity index (χ0v) is 10.1. The lowest BCUT2D eigenvalue weighted by molar-refractivity contribution is -0.128. The maximum atomic E-state index is 11.6. The second-order valence-electron chi connectivity index (χ2n) is 4.73. The molecule has 18 heavy (non-hydrogen) atoms. The van der Waals surface area contributed by atoms with Crippen molar-refractivity contribution in [1.29, 1.82) is 0 Å². The molecule has 2 N–H and O–H groups in total. The minimum atomic E-state index is -1.08. The van der Waals surface area contributed by atoms with Crippen molar-refractivity contribution in [1.82, 2.24) is 4.90 Å². The normalized spacial score (nSPS) is 19.3. The number of benzene rings is 1. The standard InChI is InChI=1S/C13H15NO4/c1-8-4-12(16)14(6-8)7-10-3-2-9(13(17)18)5-11(10)15/h2-3,5,8,15H,4,6-7H2,1H3,(H,17,18). The SMILES string of the molecule is CC1CC(=O)N(Cc2ccc(C(=O)O)cc2O)C1. The molecule has 2 rings (SSSR count). The van der Waals surface area contributed by atoms with E-state index in [1.165, 1.54) is 12.1 Å². The number of amides is 1. The Bertz CT molecular complexity index is 498. The van der Waals surface area contributed by atoms with E-state index < -0.39 is 5.97 Å². The van der Waals surface area contributed by atoms with Gasteiger partial charge in [-0.15, -0.1) is 0 Å². The lowest BCUT2D eigenvalue weighted by Crippen LogP contribution is -2.24. The van der Waals surface area contributed by atoms with Crippen molar-refractivity contribution in [3.8, 4) is 5.75 Å². The van der Waals surface area contributed by atoms with E-state index in [1.807, 2.05) is 6.92 Å². The summed E-state index contributed by atoms with van der Waals surface area (Å²) in [6, 6.07) is 4.19. The first-order chi connectivity index (χ1) is 8.47. The summed E-state index contributed by atoms with van der Waals surface area (Å²) in [6.07, 6.45) is 0.536. The van der Waals surface area contributed by atoms with Crippen LogP contribution in [0.4, 0.5) is 0 Å². The van der Waals surface area contributed by atoms with Crippen molar-refractivity contribution >= 4 is 11.9 Å². The Morgan fingerprint density at radius 3 is 2.72 bits per heavy atom. The van der Waals surface area contributed by atoms with Gasteiger partial charge in [-0.3, -0.25) is 4.79 Å². The highest BCUT2D eigenvalue weighted by Crippen LogP contribution is 2.24. The van der Waals surface area contributed by atoms with Crippen LogP contribution >= 0.6 is 0 Å². The van der Waals surface area contributed by atoms with Gasteiger partial charge in [0.1, 0.15) is 5.75 Å². The fourth-order valence-electron chi connectivity index (χ4n) is 2.16. The number of nitrogens with zero attached hydrogens (tertiary/aromatic N) is 1. The lowest BCUT2D eigenvalue weighted by Gasteiger charge is -2.17. The molecule has 1 amide bonds. The Morgan fingerprint density at radius 1 is 1.50 bits per heavy atom. The van der Waals surface area contributed by atoms with Crippen LogP contribution in [0.3, 0.4) is 0 Å². The molecule has 1 fully saturated rings. The first-order valence-electron chi connectivity index (χ1n) is 5.80. The minimum Gasteiger partial charge on any atom is -0.508 e. The van der Waals surface area contributed by atoms with E-state index in [1.54, 1.807) is 11.0 Å². The maximum absolute atomic E-state index is 11.6.